The number of amides is 1. The molecule has 3 N–H and O–H groups in total. The topological polar surface area (TPSA) is 133 Å². The number of carbonyl (C=O) groups excluding carboxylic acids is 2. The molecule has 0 spiro atoms. The number of benzene rings is 1. The fraction of sp³-hybridized carbons (Fsp3) is 0.333. The molecule has 1 aromatic rings. The van der Waals surface area contributed by atoms with Crippen LogP contribution in [0.15, 0.2) is 34.4 Å². The van der Waals surface area contributed by atoms with Crippen molar-refractivity contribution in [1.29, 1.82) is 0 Å². The molecule has 1 aliphatic rings. The van der Waals surface area contributed by atoms with Crippen molar-refractivity contribution in [3.8, 4) is 0 Å². The average Bonchev–Trinajstić information content (AvgIpc) is 2.83. The van der Waals surface area contributed by atoms with Crippen molar-refractivity contribution in [3.05, 3.63) is 35.0 Å². The monoisotopic (exact) mass is 370 g/mol. The number of carbonyl (C=O) groups is 2. The van der Waals surface area contributed by atoms with Crippen LogP contribution in [0.4, 0.5) is 5.69 Å². The number of aliphatic hydroxyl groups excluding tert-OH is 1. The van der Waals surface area contributed by atoms with E-state index in [-0.39, 0.29) is 41.4 Å². The summed E-state index contributed by atoms with van der Waals surface area (Å²) in [6.07, 6.45) is 0. The molecule has 1 aliphatic heterocycles. The van der Waals surface area contributed by atoms with Gasteiger partial charge in [-0.15, -0.1) is 0 Å². The van der Waals surface area contributed by atoms with E-state index in [1.54, 1.807) is 0 Å². The van der Waals surface area contributed by atoms with Crippen molar-refractivity contribution >= 4 is 27.7 Å². The Hall–Kier alpha value is -2.43. The molecule has 0 unspecified atom stereocenters. The number of esters is 1. The van der Waals surface area contributed by atoms with Crippen LogP contribution in [0.5, 0.6) is 0 Å². The molecule has 2 rings (SSSR count). The second kappa shape index (κ2) is 7.21. The first-order valence-corrected chi connectivity index (χ1v) is 8.69. The normalized spacial score (nSPS) is 14.9. The summed E-state index contributed by atoms with van der Waals surface area (Å²) in [6.45, 7) is 1.29. The molecule has 0 saturated carbocycles. The Morgan fingerprint density at radius 2 is 2.08 bits per heavy atom. The maximum atomic E-state index is 12.4. The van der Waals surface area contributed by atoms with E-state index in [0.717, 1.165) is 0 Å². The lowest BCUT2D eigenvalue weighted by molar-refractivity contribution is -0.136. The van der Waals surface area contributed by atoms with Gasteiger partial charge in [-0.1, -0.05) is 0 Å². The van der Waals surface area contributed by atoms with Crippen molar-refractivity contribution in [1.82, 2.24) is 4.90 Å². The second-order valence-electron chi connectivity index (χ2n) is 5.38. The lowest BCUT2D eigenvalue weighted by atomic mass is 10.2. The lowest BCUT2D eigenvalue weighted by Crippen LogP contribution is -2.31. The minimum Gasteiger partial charge on any atom is -0.466 e. The van der Waals surface area contributed by atoms with E-state index in [9.17, 15) is 18.0 Å². The van der Waals surface area contributed by atoms with E-state index in [0.29, 0.717) is 5.69 Å². The average molecular weight is 370 g/mol. The summed E-state index contributed by atoms with van der Waals surface area (Å²) in [5, 5.41) is 11.8. The van der Waals surface area contributed by atoms with Gasteiger partial charge in [-0.25, -0.2) is 4.79 Å². The van der Waals surface area contributed by atoms with Crippen LogP contribution in [0.2, 0.25) is 0 Å². The van der Waals surface area contributed by atoms with Crippen LogP contribution in [0, 0.1) is 6.92 Å². The maximum absolute atomic E-state index is 12.4. The number of hydrogen-bond donors (Lipinski definition) is 3. The highest BCUT2D eigenvalue weighted by Crippen LogP contribution is 2.25. The predicted octanol–water partition coefficient (Wildman–Crippen LogP) is -0.0848. The number of hydrogen-bond acceptors (Lipinski definition) is 7. The van der Waals surface area contributed by atoms with Crippen LogP contribution in [0.1, 0.15) is 5.56 Å². The summed E-state index contributed by atoms with van der Waals surface area (Å²) in [4.78, 5) is 25.3. The molecule has 1 amide bonds. The molecular weight excluding hydrogens is 352 g/mol. The Kier molecular flexibility index (Phi) is 5.45. The van der Waals surface area contributed by atoms with E-state index in [1.807, 2.05) is 0 Å². The first-order chi connectivity index (χ1) is 11.7. The third-order valence-electron chi connectivity index (χ3n) is 3.68. The standard InChI is InChI=1S/C15H18N2O7S/c1-9-7-10(3-4-12(9)25(21,22)23)16-13-11(15(20)24-2)8-17(5-6-18)14(13)19/h3-4,7,16,18H,5-6,8H2,1-2H3,(H,21,22,23). The number of aryl methyl sites for hydroxylation is 1. The number of methoxy groups -OCH3 is 1. The molecule has 136 valence electrons. The van der Waals surface area contributed by atoms with Crippen LogP contribution in [0.25, 0.3) is 0 Å². The summed E-state index contributed by atoms with van der Waals surface area (Å²) >= 11 is 0. The van der Waals surface area contributed by atoms with Crippen molar-refractivity contribution in [2.24, 2.45) is 0 Å². The minimum absolute atomic E-state index is 0.000643. The fourth-order valence-electron chi connectivity index (χ4n) is 2.51. The molecule has 0 atom stereocenters. The van der Waals surface area contributed by atoms with Crippen LogP contribution in [-0.2, 0) is 24.4 Å². The highest BCUT2D eigenvalue weighted by Gasteiger charge is 2.34. The number of nitrogens with zero attached hydrogens (tertiary/aromatic N) is 1. The number of rotatable bonds is 6. The van der Waals surface area contributed by atoms with Gasteiger partial charge in [0.25, 0.3) is 16.0 Å². The number of ether oxygens (including phenoxy) is 1. The van der Waals surface area contributed by atoms with E-state index in [1.165, 1.54) is 37.1 Å². The first kappa shape index (κ1) is 18.9. The molecule has 1 aromatic carbocycles. The smallest absolute Gasteiger partial charge is 0.337 e. The Balaban J connectivity index is 2.37. The highest BCUT2D eigenvalue weighted by molar-refractivity contribution is 7.85. The quantitative estimate of drug-likeness (QED) is 0.468. The molecule has 0 saturated heterocycles. The summed E-state index contributed by atoms with van der Waals surface area (Å²) in [5.41, 5.74) is 0.739. The summed E-state index contributed by atoms with van der Waals surface area (Å²) < 4.78 is 36.3. The summed E-state index contributed by atoms with van der Waals surface area (Å²) in [6, 6.07) is 3.98. The van der Waals surface area contributed by atoms with Crippen LogP contribution in [0.3, 0.4) is 0 Å². The number of aliphatic hydroxyl groups is 1. The van der Waals surface area contributed by atoms with Crippen LogP contribution < -0.4 is 5.32 Å². The summed E-state index contributed by atoms with van der Waals surface area (Å²) in [7, 11) is -3.16. The van der Waals surface area contributed by atoms with Gasteiger partial charge in [0, 0.05) is 12.2 Å². The number of nitrogens with one attached hydrogen (secondary N) is 1. The van der Waals surface area contributed by atoms with Gasteiger partial charge in [0.2, 0.25) is 0 Å². The Morgan fingerprint density at radius 3 is 2.60 bits per heavy atom. The molecule has 0 aliphatic carbocycles. The first-order valence-electron chi connectivity index (χ1n) is 7.25. The zero-order valence-electron chi connectivity index (χ0n) is 13.6. The Labute approximate surface area is 144 Å². The minimum atomic E-state index is -4.35. The van der Waals surface area contributed by atoms with Gasteiger partial charge in [0.05, 0.1) is 30.7 Å². The van der Waals surface area contributed by atoms with Crippen LogP contribution in [-0.4, -0.2) is 61.7 Å². The largest absolute Gasteiger partial charge is 0.466 e. The van der Waals surface area contributed by atoms with E-state index in [4.69, 9.17) is 9.66 Å². The van der Waals surface area contributed by atoms with Gasteiger partial charge in [-0.05, 0) is 30.7 Å². The molecule has 0 aromatic heterocycles. The number of anilines is 1. The van der Waals surface area contributed by atoms with Gasteiger partial charge in [-0.3, -0.25) is 9.35 Å². The van der Waals surface area contributed by atoms with Crippen LogP contribution >= 0.6 is 0 Å². The van der Waals surface area contributed by atoms with Gasteiger partial charge < -0.3 is 20.1 Å². The zero-order chi connectivity index (χ0) is 18.8. The molecule has 0 fully saturated rings. The van der Waals surface area contributed by atoms with Gasteiger partial charge >= 0.3 is 5.97 Å². The van der Waals surface area contributed by atoms with Gasteiger partial charge in [-0.2, -0.15) is 8.42 Å². The SMILES string of the molecule is COC(=O)C1=C(Nc2ccc(S(=O)(=O)O)c(C)c2)C(=O)N(CCO)C1. The Bertz CT molecular complexity index is 845. The third kappa shape index (κ3) is 3.98. The summed E-state index contributed by atoms with van der Waals surface area (Å²) in [5.74, 6) is -1.16. The fourth-order valence-corrected chi connectivity index (χ4v) is 3.22. The second-order valence-corrected chi connectivity index (χ2v) is 6.77. The van der Waals surface area contributed by atoms with Crippen molar-refractivity contribution in [2.45, 2.75) is 11.8 Å². The maximum Gasteiger partial charge on any atom is 0.337 e. The van der Waals surface area contributed by atoms with Crippen molar-refractivity contribution in [2.75, 3.05) is 32.1 Å². The number of β-amino-alcohol motifs (C(OH)–C–C–N with tert-alkyl or cyclic N) is 1. The molecule has 25 heavy (non-hydrogen) atoms. The van der Waals surface area contributed by atoms with Crippen molar-refractivity contribution < 1.29 is 32.4 Å². The molecule has 0 bridgehead atoms. The molecule has 10 heteroatoms. The molecular formula is C15H18N2O7S. The van der Waals surface area contributed by atoms with Gasteiger partial charge in [0.1, 0.15) is 5.70 Å². The Morgan fingerprint density at radius 1 is 1.40 bits per heavy atom. The van der Waals surface area contributed by atoms with E-state index in [2.05, 4.69) is 10.1 Å². The van der Waals surface area contributed by atoms with Crippen molar-refractivity contribution in [3.63, 3.8) is 0 Å². The molecule has 1 heterocycles. The van der Waals surface area contributed by atoms with E-state index >= 15 is 0 Å². The van der Waals surface area contributed by atoms with E-state index < -0.39 is 22.0 Å². The van der Waals surface area contributed by atoms with Gasteiger partial charge in [0.15, 0.2) is 0 Å². The lowest BCUT2D eigenvalue weighted by Gasteiger charge is -2.15. The third-order valence-corrected chi connectivity index (χ3v) is 4.69. The molecule has 0 radical (unpaired) electrons. The zero-order valence-corrected chi connectivity index (χ0v) is 14.5. The highest BCUT2D eigenvalue weighted by atomic mass is 32.2. The molecule has 9 nitrogen and oxygen atoms in total. The predicted molar refractivity (Wildman–Crippen MR) is 87.3 cm³/mol.